The number of ether oxygens (including phenoxy) is 1. The number of nitriles is 1. The van der Waals surface area contributed by atoms with E-state index in [4.69, 9.17) is 5.26 Å². The van der Waals surface area contributed by atoms with Gasteiger partial charge in [-0.3, -0.25) is 4.98 Å². The molecule has 1 aromatic heterocycles. The molecule has 1 heterocycles. The highest BCUT2D eigenvalue weighted by Gasteiger charge is 2.31. The molecule has 0 aliphatic rings. The first-order valence-electron chi connectivity index (χ1n) is 5.20. The van der Waals surface area contributed by atoms with E-state index in [1.807, 2.05) is 0 Å². The Hall–Kier alpha value is -2.36. The molecule has 0 bridgehead atoms. The fraction of sp³-hybridized carbons (Fsp3) is 0.250. The lowest BCUT2D eigenvalue weighted by atomic mass is 10.1. The van der Waals surface area contributed by atoms with Crippen LogP contribution in [0.3, 0.4) is 0 Å². The minimum absolute atomic E-state index is 0.100. The minimum atomic E-state index is -4.53. The number of hydrogen-bond acceptors (Lipinski definition) is 4. The Morgan fingerprint density at radius 1 is 1.53 bits per heavy atom. The smallest absolute Gasteiger partial charge is 0.433 e. The summed E-state index contributed by atoms with van der Waals surface area (Å²) in [5, 5.41) is 8.75. The van der Waals surface area contributed by atoms with Gasteiger partial charge in [-0.15, -0.1) is 0 Å². The maximum absolute atomic E-state index is 12.3. The second-order valence-corrected chi connectivity index (χ2v) is 3.36. The predicted octanol–water partition coefficient (Wildman–Crippen LogP) is 2.57. The number of esters is 1. The zero-order valence-corrected chi connectivity index (χ0v) is 9.86. The van der Waals surface area contributed by atoms with Crippen molar-refractivity contribution < 1.29 is 22.7 Å². The molecule has 4 nitrogen and oxygen atoms in total. The Balaban J connectivity index is 2.98. The first-order valence-corrected chi connectivity index (χ1v) is 5.20. The van der Waals surface area contributed by atoms with Crippen molar-refractivity contribution in [3.8, 4) is 6.07 Å². The zero-order chi connectivity index (χ0) is 14.5. The van der Waals surface area contributed by atoms with Crippen LogP contribution in [0, 0.1) is 11.3 Å². The lowest BCUT2D eigenvalue weighted by Gasteiger charge is -2.05. The van der Waals surface area contributed by atoms with Crippen LogP contribution in [0.5, 0.6) is 0 Å². The number of alkyl halides is 3. The summed E-state index contributed by atoms with van der Waals surface area (Å²) in [6, 6.07) is 3.50. The van der Waals surface area contributed by atoms with Crippen LogP contribution in [-0.2, 0) is 15.7 Å². The molecule has 7 heteroatoms. The van der Waals surface area contributed by atoms with Crippen molar-refractivity contribution in [2.75, 3.05) is 6.61 Å². The topological polar surface area (TPSA) is 63.0 Å². The van der Waals surface area contributed by atoms with Gasteiger partial charge >= 0.3 is 12.1 Å². The Bertz CT molecular complexity index is 527. The summed E-state index contributed by atoms with van der Waals surface area (Å²) >= 11 is 0. The van der Waals surface area contributed by atoms with Crippen molar-refractivity contribution in [2.24, 2.45) is 0 Å². The first-order chi connectivity index (χ1) is 8.88. The average molecular weight is 270 g/mol. The van der Waals surface area contributed by atoms with E-state index in [9.17, 15) is 18.0 Å². The quantitative estimate of drug-likeness (QED) is 0.481. The van der Waals surface area contributed by atoms with Crippen molar-refractivity contribution >= 4 is 12.0 Å². The predicted molar refractivity (Wildman–Crippen MR) is 59.5 cm³/mol. The van der Waals surface area contributed by atoms with Gasteiger partial charge in [0.25, 0.3) is 0 Å². The van der Waals surface area contributed by atoms with Gasteiger partial charge in [0.05, 0.1) is 6.61 Å². The Kier molecular flexibility index (Phi) is 4.64. The second-order valence-electron chi connectivity index (χ2n) is 3.36. The van der Waals surface area contributed by atoms with Crippen molar-refractivity contribution in [2.45, 2.75) is 13.1 Å². The number of carbonyl (C=O) groups is 1. The van der Waals surface area contributed by atoms with E-state index in [0.29, 0.717) is 0 Å². The molecule has 0 radical (unpaired) electrons. The molecule has 0 atom stereocenters. The van der Waals surface area contributed by atoms with Crippen molar-refractivity contribution in [3.05, 3.63) is 35.2 Å². The number of pyridine rings is 1. The summed E-state index contributed by atoms with van der Waals surface area (Å²) in [6.45, 7) is 1.68. The van der Waals surface area contributed by atoms with Crippen LogP contribution < -0.4 is 0 Å². The molecule has 0 unspecified atom stereocenters. The van der Waals surface area contributed by atoms with E-state index >= 15 is 0 Å². The summed E-state index contributed by atoms with van der Waals surface area (Å²) < 4.78 is 41.4. The Morgan fingerprint density at radius 3 is 2.63 bits per heavy atom. The Labute approximate surface area is 107 Å². The molecule has 0 fully saturated rings. The number of carbonyl (C=O) groups excluding carboxylic acids is 1. The summed E-state index contributed by atoms with van der Waals surface area (Å²) in [7, 11) is 0. The fourth-order valence-corrected chi connectivity index (χ4v) is 1.17. The highest BCUT2D eigenvalue weighted by molar-refractivity contribution is 5.97. The summed E-state index contributed by atoms with van der Waals surface area (Å²) in [6.07, 6.45) is -2.48. The van der Waals surface area contributed by atoms with Gasteiger partial charge < -0.3 is 4.74 Å². The van der Waals surface area contributed by atoms with Gasteiger partial charge in [0, 0.05) is 6.20 Å². The van der Waals surface area contributed by atoms with Crippen LogP contribution in [0.4, 0.5) is 13.2 Å². The van der Waals surface area contributed by atoms with Crippen LogP contribution in [0.1, 0.15) is 18.2 Å². The number of aromatic nitrogens is 1. The maximum atomic E-state index is 12.3. The molecule has 1 aromatic rings. The lowest BCUT2D eigenvalue weighted by molar-refractivity contribution is -0.141. The van der Waals surface area contributed by atoms with E-state index in [0.717, 1.165) is 24.4 Å². The molecule has 0 spiro atoms. The highest BCUT2D eigenvalue weighted by atomic mass is 19.4. The van der Waals surface area contributed by atoms with E-state index < -0.39 is 17.8 Å². The third kappa shape index (κ3) is 4.10. The third-order valence-electron chi connectivity index (χ3n) is 2.00. The normalized spacial score (nSPS) is 11.8. The molecular weight excluding hydrogens is 261 g/mol. The van der Waals surface area contributed by atoms with E-state index in [1.165, 1.54) is 0 Å². The van der Waals surface area contributed by atoms with Gasteiger partial charge in [-0.25, -0.2) is 4.79 Å². The lowest BCUT2D eigenvalue weighted by Crippen LogP contribution is -2.08. The van der Waals surface area contributed by atoms with E-state index in [-0.39, 0.29) is 17.7 Å². The summed E-state index contributed by atoms with van der Waals surface area (Å²) in [4.78, 5) is 14.5. The summed E-state index contributed by atoms with van der Waals surface area (Å²) in [5.41, 5.74) is -1.14. The summed E-state index contributed by atoms with van der Waals surface area (Å²) in [5.74, 6) is -0.829. The van der Waals surface area contributed by atoms with Gasteiger partial charge in [-0.05, 0) is 24.6 Å². The van der Waals surface area contributed by atoms with Gasteiger partial charge in [-0.1, -0.05) is 6.07 Å². The molecule has 19 heavy (non-hydrogen) atoms. The van der Waals surface area contributed by atoms with Crippen LogP contribution in [0.2, 0.25) is 0 Å². The molecule has 0 N–H and O–H groups in total. The number of hydrogen-bond donors (Lipinski definition) is 0. The molecule has 0 saturated carbocycles. The number of nitrogens with zero attached hydrogens (tertiary/aromatic N) is 2. The molecule has 1 rings (SSSR count). The molecule has 0 amide bonds. The van der Waals surface area contributed by atoms with Gasteiger partial charge in [0.1, 0.15) is 17.3 Å². The molecule has 0 aromatic carbocycles. The molecular formula is C12H9F3N2O2. The van der Waals surface area contributed by atoms with Crippen LogP contribution in [0.15, 0.2) is 23.9 Å². The molecule has 0 aliphatic carbocycles. The largest absolute Gasteiger partial charge is 0.462 e. The highest BCUT2D eigenvalue weighted by Crippen LogP contribution is 2.27. The first kappa shape index (κ1) is 14.7. The van der Waals surface area contributed by atoms with Gasteiger partial charge in [-0.2, -0.15) is 18.4 Å². The van der Waals surface area contributed by atoms with Crippen molar-refractivity contribution in [1.82, 2.24) is 4.98 Å². The Morgan fingerprint density at radius 2 is 2.21 bits per heavy atom. The standard InChI is InChI=1S/C12H9F3N2O2/c1-2-19-11(18)9(6-16)5-8-3-4-10(17-7-8)12(13,14)15/h3-5,7H,2H2,1H3/b9-5+. The second kappa shape index (κ2) is 6.00. The van der Waals surface area contributed by atoms with Crippen LogP contribution in [-0.4, -0.2) is 17.6 Å². The minimum Gasteiger partial charge on any atom is -0.462 e. The van der Waals surface area contributed by atoms with Crippen molar-refractivity contribution in [3.63, 3.8) is 0 Å². The number of rotatable bonds is 3. The van der Waals surface area contributed by atoms with E-state index in [2.05, 4.69) is 9.72 Å². The number of halogens is 3. The maximum Gasteiger partial charge on any atom is 0.433 e. The van der Waals surface area contributed by atoms with E-state index in [1.54, 1.807) is 13.0 Å². The monoisotopic (exact) mass is 270 g/mol. The van der Waals surface area contributed by atoms with Crippen molar-refractivity contribution in [1.29, 1.82) is 5.26 Å². The fourth-order valence-electron chi connectivity index (χ4n) is 1.17. The zero-order valence-electron chi connectivity index (χ0n) is 9.86. The SMILES string of the molecule is CCOC(=O)/C(C#N)=C/c1ccc(C(F)(F)F)nc1. The molecule has 0 saturated heterocycles. The van der Waals surface area contributed by atoms with Crippen LogP contribution >= 0.6 is 0 Å². The third-order valence-corrected chi connectivity index (χ3v) is 2.00. The van der Waals surface area contributed by atoms with Gasteiger partial charge in [0.15, 0.2) is 0 Å². The van der Waals surface area contributed by atoms with Crippen LogP contribution in [0.25, 0.3) is 6.08 Å². The molecule has 100 valence electrons. The van der Waals surface area contributed by atoms with Gasteiger partial charge in [0.2, 0.25) is 0 Å². The average Bonchev–Trinajstić information content (AvgIpc) is 2.35. The molecule has 0 aliphatic heterocycles.